The molecule has 3 N–H and O–H groups in total. The lowest BCUT2D eigenvalue weighted by molar-refractivity contribution is -0.128. The monoisotopic (exact) mass is 247 g/mol. The Labute approximate surface area is 105 Å². The minimum atomic E-state index is -0.948. The van der Waals surface area contributed by atoms with E-state index < -0.39 is 6.10 Å². The van der Waals surface area contributed by atoms with Crippen molar-refractivity contribution in [3.8, 4) is 0 Å². The molecule has 0 aliphatic rings. The van der Waals surface area contributed by atoms with Crippen molar-refractivity contribution in [2.45, 2.75) is 25.9 Å². The molecule has 0 spiro atoms. The summed E-state index contributed by atoms with van der Waals surface area (Å²) in [5.74, 6) is 0.585. The number of amides is 1. The van der Waals surface area contributed by atoms with Gasteiger partial charge in [0.1, 0.15) is 11.9 Å². The number of aryl methyl sites for hydroxylation is 1. The van der Waals surface area contributed by atoms with Crippen molar-refractivity contribution >= 4 is 16.9 Å². The third kappa shape index (κ3) is 3.07. The second kappa shape index (κ2) is 5.64. The van der Waals surface area contributed by atoms with Gasteiger partial charge in [-0.05, 0) is 25.5 Å². The molecule has 0 aliphatic heterocycles. The van der Waals surface area contributed by atoms with Gasteiger partial charge in [-0.25, -0.2) is 4.98 Å². The fourth-order valence-electron chi connectivity index (χ4n) is 1.74. The molecular weight excluding hydrogens is 230 g/mol. The first-order valence-electron chi connectivity index (χ1n) is 6.06. The van der Waals surface area contributed by atoms with Crippen molar-refractivity contribution in [2.75, 3.05) is 6.54 Å². The molecule has 1 aromatic carbocycles. The van der Waals surface area contributed by atoms with Crippen LogP contribution in [-0.2, 0) is 11.2 Å². The second-order valence-electron chi connectivity index (χ2n) is 4.27. The molecule has 0 radical (unpaired) electrons. The Balaban J connectivity index is 1.82. The van der Waals surface area contributed by atoms with Crippen LogP contribution in [0.5, 0.6) is 0 Å². The van der Waals surface area contributed by atoms with Crippen molar-refractivity contribution in [3.05, 3.63) is 30.1 Å². The van der Waals surface area contributed by atoms with Crippen LogP contribution >= 0.6 is 0 Å². The third-order valence-corrected chi connectivity index (χ3v) is 2.71. The number of para-hydroxylation sites is 2. The molecule has 18 heavy (non-hydrogen) atoms. The summed E-state index contributed by atoms with van der Waals surface area (Å²) in [6.45, 7) is 2.00. The van der Waals surface area contributed by atoms with Crippen LogP contribution < -0.4 is 5.32 Å². The molecule has 5 heteroatoms. The highest BCUT2D eigenvalue weighted by Crippen LogP contribution is 2.10. The molecule has 0 saturated carbocycles. The van der Waals surface area contributed by atoms with Crippen LogP contribution in [-0.4, -0.2) is 33.6 Å². The third-order valence-electron chi connectivity index (χ3n) is 2.71. The Hall–Kier alpha value is -1.88. The van der Waals surface area contributed by atoms with Gasteiger partial charge in [0.2, 0.25) is 5.91 Å². The molecule has 1 atom stereocenters. The summed E-state index contributed by atoms with van der Waals surface area (Å²) in [5.41, 5.74) is 1.99. The number of rotatable bonds is 5. The van der Waals surface area contributed by atoms with E-state index >= 15 is 0 Å². The number of nitrogens with one attached hydrogen (secondary N) is 2. The summed E-state index contributed by atoms with van der Waals surface area (Å²) < 4.78 is 0. The lowest BCUT2D eigenvalue weighted by Crippen LogP contribution is -2.33. The zero-order valence-corrected chi connectivity index (χ0v) is 10.3. The topological polar surface area (TPSA) is 78.0 Å². The lowest BCUT2D eigenvalue weighted by Gasteiger charge is -2.05. The number of aromatic nitrogens is 2. The second-order valence-corrected chi connectivity index (χ2v) is 4.27. The van der Waals surface area contributed by atoms with Gasteiger partial charge in [0, 0.05) is 13.0 Å². The average Bonchev–Trinajstić information content (AvgIpc) is 2.76. The first-order valence-corrected chi connectivity index (χ1v) is 6.06. The standard InChI is InChI=1S/C13H17N3O2/c1-9(17)13(18)14-8-4-7-12-15-10-5-2-3-6-11(10)16-12/h2-3,5-6,9,17H,4,7-8H2,1H3,(H,14,18)(H,15,16). The molecule has 0 aliphatic carbocycles. The highest BCUT2D eigenvalue weighted by molar-refractivity contribution is 5.79. The first-order chi connectivity index (χ1) is 8.66. The molecule has 5 nitrogen and oxygen atoms in total. The number of aliphatic hydroxyl groups excluding tert-OH is 1. The molecule has 0 saturated heterocycles. The van der Waals surface area contributed by atoms with Gasteiger partial charge in [0.25, 0.3) is 0 Å². The fourth-order valence-corrected chi connectivity index (χ4v) is 1.74. The maximum Gasteiger partial charge on any atom is 0.248 e. The molecule has 1 amide bonds. The number of hydrogen-bond acceptors (Lipinski definition) is 3. The van der Waals surface area contributed by atoms with E-state index in [0.29, 0.717) is 6.54 Å². The van der Waals surface area contributed by atoms with Gasteiger partial charge < -0.3 is 15.4 Å². The molecule has 96 valence electrons. The Bertz CT molecular complexity index is 501. The fraction of sp³-hybridized carbons (Fsp3) is 0.385. The summed E-state index contributed by atoms with van der Waals surface area (Å²) in [6.07, 6.45) is 0.615. The highest BCUT2D eigenvalue weighted by Gasteiger charge is 2.07. The van der Waals surface area contributed by atoms with Crippen molar-refractivity contribution in [2.24, 2.45) is 0 Å². The zero-order chi connectivity index (χ0) is 13.0. The van der Waals surface area contributed by atoms with E-state index in [-0.39, 0.29) is 5.91 Å². The quantitative estimate of drug-likeness (QED) is 0.689. The van der Waals surface area contributed by atoms with Gasteiger partial charge in [0.15, 0.2) is 0 Å². The van der Waals surface area contributed by atoms with E-state index in [4.69, 9.17) is 5.11 Å². The molecule has 1 aromatic heterocycles. The van der Waals surface area contributed by atoms with E-state index in [1.807, 2.05) is 24.3 Å². The summed E-state index contributed by atoms with van der Waals surface area (Å²) >= 11 is 0. The number of aliphatic hydroxyl groups is 1. The van der Waals surface area contributed by atoms with Gasteiger partial charge in [-0.2, -0.15) is 0 Å². The van der Waals surface area contributed by atoms with Crippen LogP contribution in [0.1, 0.15) is 19.2 Å². The number of H-pyrrole nitrogens is 1. The average molecular weight is 247 g/mol. The van der Waals surface area contributed by atoms with E-state index in [2.05, 4.69) is 15.3 Å². The Morgan fingerprint density at radius 3 is 3.00 bits per heavy atom. The lowest BCUT2D eigenvalue weighted by atomic mass is 10.3. The highest BCUT2D eigenvalue weighted by atomic mass is 16.3. The summed E-state index contributed by atoms with van der Waals surface area (Å²) in [7, 11) is 0. The van der Waals surface area contributed by atoms with Gasteiger partial charge >= 0.3 is 0 Å². The molecule has 0 fully saturated rings. The van der Waals surface area contributed by atoms with Crippen molar-refractivity contribution in [1.82, 2.24) is 15.3 Å². The van der Waals surface area contributed by atoms with Crippen molar-refractivity contribution in [1.29, 1.82) is 0 Å². The maximum atomic E-state index is 11.1. The summed E-state index contributed by atoms with van der Waals surface area (Å²) in [6, 6.07) is 7.87. The van der Waals surface area contributed by atoms with Gasteiger partial charge in [-0.3, -0.25) is 4.79 Å². The van der Waals surface area contributed by atoms with E-state index in [0.717, 1.165) is 29.7 Å². The van der Waals surface area contributed by atoms with Crippen LogP contribution in [0.2, 0.25) is 0 Å². The molecule has 1 heterocycles. The minimum Gasteiger partial charge on any atom is -0.384 e. The number of carbonyl (C=O) groups is 1. The van der Waals surface area contributed by atoms with Crippen LogP contribution in [0, 0.1) is 0 Å². The van der Waals surface area contributed by atoms with E-state index in [1.165, 1.54) is 6.92 Å². The number of benzene rings is 1. The Morgan fingerprint density at radius 1 is 1.50 bits per heavy atom. The van der Waals surface area contributed by atoms with Gasteiger partial charge in [0.05, 0.1) is 11.0 Å². The van der Waals surface area contributed by atoms with Gasteiger partial charge in [-0.15, -0.1) is 0 Å². The maximum absolute atomic E-state index is 11.1. The van der Waals surface area contributed by atoms with E-state index in [9.17, 15) is 4.79 Å². The van der Waals surface area contributed by atoms with Crippen LogP contribution in [0.15, 0.2) is 24.3 Å². The smallest absolute Gasteiger partial charge is 0.248 e. The molecular formula is C13H17N3O2. The summed E-state index contributed by atoms with van der Waals surface area (Å²) in [5, 5.41) is 11.7. The first kappa shape index (κ1) is 12.6. The number of fused-ring (bicyclic) bond motifs is 1. The number of nitrogens with zero attached hydrogens (tertiary/aromatic N) is 1. The number of imidazole rings is 1. The van der Waals surface area contributed by atoms with Crippen LogP contribution in [0.25, 0.3) is 11.0 Å². The number of hydrogen-bond donors (Lipinski definition) is 3. The Morgan fingerprint density at radius 2 is 2.28 bits per heavy atom. The van der Waals surface area contributed by atoms with Crippen LogP contribution in [0.4, 0.5) is 0 Å². The zero-order valence-electron chi connectivity index (χ0n) is 10.3. The van der Waals surface area contributed by atoms with E-state index in [1.54, 1.807) is 0 Å². The molecule has 0 bridgehead atoms. The molecule has 2 aromatic rings. The van der Waals surface area contributed by atoms with Crippen molar-refractivity contribution < 1.29 is 9.90 Å². The summed E-state index contributed by atoms with van der Waals surface area (Å²) in [4.78, 5) is 18.8. The minimum absolute atomic E-state index is 0.334. The molecule has 1 unspecified atom stereocenters. The van der Waals surface area contributed by atoms with Crippen molar-refractivity contribution in [3.63, 3.8) is 0 Å². The SMILES string of the molecule is CC(O)C(=O)NCCCc1nc2ccccc2[nH]1. The predicted octanol–water partition coefficient (Wildman–Crippen LogP) is 0.992. The van der Waals surface area contributed by atoms with Gasteiger partial charge in [-0.1, -0.05) is 12.1 Å². The normalized spacial score (nSPS) is 12.6. The Kier molecular flexibility index (Phi) is 3.94. The molecule has 2 rings (SSSR count). The predicted molar refractivity (Wildman–Crippen MR) is 69.1 cm³/mol. The largest absolute Gasteiger partial charge is 0.384 e. The number of aromatic amines is 1. The van der Waals surface area contributed by atoms with Crippen LogP contribution in [0.3, 0.4) is 0 Å². The number of carbonyl (C=O) groups excluding carboxylic acids is 1.